The van der Waals surface area contributed by atoms with Crippen molar-refractivity contribution in [1.29, 1.82) is 0 Å². The fourth-order valence-corrected chi connectivity index (χ4v) is 2.18. The second kappa shape index (κ2) is 7.93. The predicted octanol–water partition coefficient (Wildman–Crippen LogP) is 1.72. The van der Waals surface area contributed by atoms with Crippen LogP contribution < -0.4 is 5.32 Å². The molecule has 0 bridgehead atoms. The van der Waals surface area contributed by atoms with Crippen LogP contribution in [0.15, 0.2) is 29.2 Å². The van der Waals surface area contributed by atoms with Gasteiger partial charge in [-0.1, -0.05) is 35.3 Å². The van der Waals surface area contributed by atoms with Gasteiger partial charge in [0.25, 0.3) is 5.91 Å². The summed E-state index contributed by atoms with van der Waals surface area (Å²) in [5.74, 6) is -0.777. The SMILES string of the molecule is CS(=O)c1ccc([C@@H](O)[C@@H](CF)NC(=O)C(Cl)Cl)cc1. The number of aliphatic hydroxyl groups is 1. The normalized spacial score (nSPS) is 15.7. The molecule has 0 aromatic heterocycles. The molecule has 20 heavy (non-hydrogen) atoms. The third-order valence-corrected chi connectivity index (χ3v) is 3.96. The fourth-order valence-electron chi connectivity index (χ4n) is 1.54. The lowest BCUT2D eigenvalue weighted by atomic mass is 10.0. The van der Waals surface area contributed by atoms with Crippen molar-refractivity contribution < 1.29 is 18.5 Å². The van der Waals surface area contributed by atoms with Gasteiger partial charge in [-0.2, -0.15) is 0 Å². The molecule has 4 nitrogen and oxygen atoms in total. The van der Waals surface area contributed by atoms with Gasteiger partial charge in [-0.05, 0) is 17.7 Å². The highest BCUT2D eigenvalue weighted by atomic mass is 35.5. The summed E-state index contributed by atoms with van der Waals surface area (Å²) < 4.78 is 24.2. The van der Waals surface area contributed by atoms with Crippen molar-refractivity contribution in [2.45, 2.75) is 21.9 Å². The van der Waals surface area contributed by atoms with Crippen LogP contribution in [-0.2, 0) is 15.6 Å². The molecule has 0 fully saturated rings. The van der Waals surface area contributed by atoms with Gasteiger partial charge in [-0.3, -0.25) is 9.00 Å². The number of nitrogens with one attached hydrogen (secondary N) is 1. The number of alkyl halides is 3. The van der Waals surface area contributed by atoms with E-state index in [-0.39, 0.29) is 0 Å². The Hall–Kier alpha value is -0.690. The number of hydrogen-bond donors (Lipinski definition) is 2. The Labute approximate surface area is 128 Å². The average molecular weight is 342 g/mol. The van der Waals surface area contributed by atoms with Crippen LogP contribution in [0.1, 0.15) is 11.7 Å². The van der Waals surface area contributed by atoms with Gasteiger partial charge < -0.3 is 10.4 Å². The molecular weight excluding hydrogens is 328 g/mol. The lowest BCUT2D eigenvalue weighted by Crippen LogP contribution is -2.43. The van der Waals surface area contributed by atoms with Crippen LogP contribution in [0.3, 0.4) is 0 Å². The predicted molar refractivity (Wildman–Crippen MR) is 77.1 cm³/mol. The molecule has 112 valence electrons. The topological polar surface area (TPSA) is 66.4 Å². The Balaban J connectivity index is 2.82. The van der Waals surface area contributed by atoms with E-state index in [0.29, 0.717) is 10.5 Å². The zero-order chi connectivity index (χ0) is 15.3. The highest BCUT2D eigenvalue weighted by molar-refractivity contribution is 7.84. The Morgan fingerprint density at radius 2 is 1.95 bits per heavy atom. The summed E-state index contributed by atoms with van der Waals surface area (Å²) in [6.07, 6.45) is 0.271. The monoisotopic (exact) mass is 341 g/mol. The minimum atomic E-state index is -1.33. The average Bonchev–Trinajstić information content (AvgIpc) is 2.43. The number of aliphatic hydroxyl groups excluding tert-OH is 1. The second-order valence-electron chi connectivity index (χ2n) is 4.04. The van der Waals surface area contributed by atoms with Crippen molar-refractivity contribution >= 4 is 39.9 Å². The highest BCUT2D eigenvalue weighted by Gasteiger charge is 2.25. The molecule has 3 atom stereocenters. The van der Waals surface area contributed by atoms with E-state index in [1.165, 1.54) is 18.4 Å². The first-order valence-corrected chi connectivity index (χ1v) is 8.05. The molecule has 0 radical (unpaired) electrons. The molecule has 0 saturated heterocycles. The Kier molecular flexibility index (Phi) is 6.88. The quantitative estimate of drug-likeness (QED) is 0.774. The molecule has 0 saturated carbocycles. The molecule has 0 aliphatic carbocycles. The minimum Gasteiger partial charge on any atom is -0.386 e. The molecule has 1 amide bonds. The third kappa shape index (κ3) is 4.70. The van der Waals surface area contributed by atoms with Gasteiger partial charge in [0, 0.05) is 22.0 Å². The van der Waals surface area contributed by atoms with Gasteiger partial charge in [-0.15, -0.1) is 0 Å². The second-order valence-corrected chi connectivity index (χ2v) is 6.51. The van der Waals surface area contributed by atoms with E-state index in [0.717, 1.165) is 0 Å². The number of hydrogen-bond acceptors (Lipinski definition) is 3. The molecule has 0 heterocycles. The lowest BCUT2D eigenvalue weighted by Gasteiger charge is -2.22. The van der Waals surface area contributed by atoms with Crippen molar-refractivity contribution in [1.82, 2.24) is 5.32 Å². The van der Waals surface area contributed by atoms with Crippen molar-refractivity contribution in [3.8, 4) is 0 Å². The summed E-state index contributed by atoms with van der Waals surface area (Å²) >= 11 is 10.7. The Bertz CT molecular complexity index is 484. The summed E-state index contributed by atoms with van der Waals surface area (Å²) in [7, 11) is -1.14. The van der Waals surface area contributed by atoms with E-state index in [9.17, 15) is 18.5 Å². The molecule has 2 N–H and O–H groups in total. The number of rotatable bonds is 6. The number of amides is 1. The van der Waals surface area contributed by atoms with Crippen LogP contribution in [0.5, 0.6) is 0 Å². The summed E-state index contributed by atoms with van der Waals surface area (Å²) in [5, 5.41) is 12.2. The van der Waals surface area contributed by atoms with E-state index in [2.05, 4.69) is 5.32 Å². The summed E-state index contributed by atoms with van der Waals surface area (Å²) in [4.78, 5) is 10.6. The van der Waals surface area contributed by atoms with Gasteiger partial charge >= 0.3 is 0 Å². The maximum Gasteiger partial charge on any atom is 0.253 e. The molecule has 1 aromatic rings. The van der Waals surface area contributed by atoms with Crippen molar-refractivity contribution in [2.24, 2.45) is 0 Å². The molecular formula is C12H14Cl2FNO3S. The first-order valence-electron chi connectivity index (χ1n) is 5.62. The van der Waals surface area contributed by atoms with Gasteiger partial charge in [-0.25, -0.2) is 4.39 Å². The standard InChI is InChI=1S/C12H14Cl2FNO3S/c1-20(19)8-4-2-7(3-5-8)10(17)9(6-15)16-12(18)11(13)14/h2-5,9-11,17H,6H2,1H3,(H,16,18)/t9-,10-,20?/m1/s1. The third-order valence-electron chi connectivity index (χ3n) is 2.63. The number of carbonyl (C=O) groups excluding carboxylic acids is 1. The number of benzene rings is 1. The van der Waals surface area contributed by atoms with Gasteiger partial charge in [0.1, 0.15) is 12.8 Å². The van der Waals surface area contributed by atoms with E-state index in [4.69, 9.17) is 23.2 Å². The van der Waals surface area contributed by atoms with Crippen LogP contribution in [0.2, 0.25) is 0 Å². The highest BCUT2D eigenvalue weighted by Crippen LogP contribution is 2.19. The molecule has 0 spiro atoms. The zero-order valence-electron chi connectivity index (χ0n) is 10.6. The Morgan fingerprint density at radius 1 is 1.40 bits per heavy atom. The van der Waals surface area contributed by atoms with E-state index in [1.54, 1.807) is 12.1 Å². The molecule has 8 heteroatoms. The number of halogens is 3. The van der Waals surface area contributed by atoms with Crippen LogP contribution in [0, 0.1) is 0 Å². The molecule has 0 aliphatic rings. The number of carbonyl (C=O) groups is 1. The van der Waals surface area contributed by atoms with Crippen LogP contribution in [0.25, 0.3) is 0 Å². The maximum absolute atomic E-state index is 12.9. The lowest BCUT2D eigenvalue weighted by molar-refractivity contribution is -0.121. The van der Waals surface area contributed by atoms with E-state index < -0.39 is 40.4 Å². The molecule has 1 rings (SSSR count). The van der Waals surface area contributed by atoms with Crippen LogP contribution in [0.4, 0.5) is 4.39 Å². The molecule has 1 unspecified atom stereocenters. The maximum atomic E-state index is 12.9. The smallest absolute Gasteiger partial charge is 0.253 e. The van der Waals surface area contributed by atoms with Gasteiger partial charge in [0.05, 0.1) is 6.04 Å². The Morgan fingerprint density at radius 3 is 2.35 bits per heavy atom. The minimum absolute atomic E-state index is 0.392. The summed E-state index contributed by atoms with van der Waals surface area (Å²) in [6.45, 7) is -0.977. The zero-order valence-corrected chi connectivity index (χ0v) is 12.9. The summed E-state index contributed by atoms with van der Waals surface area (Å²) in [6, 6.07) is 5.03. The van der Waals surface area contributed by atoms with E-state index in [1.807, 2.05) is 0 Å². The summed E-state index contributed by atoms with van der Waals surface area (Å²) in [5.41, 5.74) is 0.392. The van der Waals surface area contributed by atoms with Crippen molar-refractivity contribution in [2.75, 3.05) is 12.9 Å². The van der Waals surface area contributed by atoms with Crippen molar-refractivity contribution in [3.05, 3.63) is 29.8 Å². The fraction of sp³-hybridized carbons (Fsp3) is 0.417. The largest absolute Gasteiger partial charge is 0.386 e. The van der Waals surface area contributed by atoms with Crippen LogP contribution >= 0.6 is 23.2 Å². The molecule has 0 aliphatic heterocycles. The van der Waals surface area contributed by atoms with Gasteiger partial charge in [0.15, 0.2) is 4.84 Å². The van der Waals surface area contributed by atoms with Crippen LogP contribution in [-0.4, -0.2) is 39.0 Å². The van der Waals surface area contributed by atoms with Crippen molar-refractivity contribution in [3.63, 3.8) is 0 Å². The first-order chi connectivity index (χ1) is 9.36. The molecule has 1 aromatic carbocycles. The first kappa shape index (κ1) is 17.4. The van der Waals surface area contributed by atoms with E-state index >= 15 is 0 Å². The van der Waals surface area contributed by atoms with Gasteiger partial charge in [0.2, 0.25) is 0 Å².